The van der Waals surface area contributed by atoms with Gasteiger partial charge in [-0.3, -0.25) is 4.79 Å². The number of hydrogen-bond donors (Lipinski definition) is 0. The lowest BCUT2D eigenvalue weighted by Crippen LogP contribution is -2.52. The molecule has 1 aliphatic heterocycles. The second kappa shape index (κ2) is 1.84. The number of rotatable bonds is 0. The van der Waals surface area contributed by atoms with Crippen molar-refractivity contribution in [2.24, 2.45) is 11.8 Å². The Labute approximate surface area is 70.3 Å². The molecule has 2 atom stereocenters. The van der Waals surface area contributed by atoms with Gasteiger partial charge in [0.15, 0.2) is 0 Å². The highest BCUT2D eigenvalue weighted by molar-refractivity contribution is 5.82. The van der Waals surface area contributed by atoms with Crippen molar-refractivity contribution in [2.45, 2.75) is 25.0 Å². The predicted molar refractivity (Wildman–Crippen MR) is 39.9 cm³/mol. The summed E-state index contributed by atoms with van der Waals surface area (Å²) in [6.07, 6.45) is 5.43. The molecule has 3 heteroatoms. The zero-order valence-corrected chi connectivity index (χ0v) is 6.66. The molecule has 0 radical (unpaired) electrons. The van der Waals surface area contributed by atoms with E-state index in [1.54, 1.807) is 12.5 Å². The summed E-state index contributed by atoms with van der Waals surface area (Å²) < 4.78 is 10.8. The summed E-state index contributed by atoms with van der Waals surface area (Å²) in [5, 5.41) is 0. The van der Waals surface area contributed by atoms with Gasteiger partial charge in [-0.2, -0.15) is 0 Å². The minimum absolute atomic E-state index is 0.319. The van der Waals surface area contributed by atoms with E-state index < -0.39 is 5.79 Å². The fraction of sp³-hybridized carbons (Fsp3) is 0.667. The Hall–Kier alpha value is -0.990. The molecule has 0 saturated heterocycles. The smallest absolute Gasteiger partial charge is 0.253 e. The first kappa shape index (κ1) is 6.52. The Morgan fingerprint density at radius 1 is 1.33 bits per heavy atom. The number of hydrogen-bond acceptors (Lipinski definition) is 3. The molecule has 0 N–H and O–H groups in total. The summed E-state index contributed by atoms with van der Waals surface area (Å²) in [7, 11) is 0. The third kappa shape index (κ3) is 0.601. The van der Waals surface area contributed by atoms with Crippen molar-refractivity contribution in [1.29, 1.82) is 0 Å². The van der Waals surface area contributed by atoms with E-state index in [1.807, 2.05) is 0 Å². The molecule has 3 rings (SSSR count). The van der Waals surface area contributed by atoms with Gasteiger partial charge in [0, 0.05) is 25.2 Å². The van der Waals surface area contributed by atoms with E-state index in [-0.39, 0.29) is 0 Å². The summed E-state index contributed by atoms with van der Waals surface area (Å²) in [5.74, 6) is 0.773. The van der Waals surface area contributed by atoms with Crippen LogP contribution in [-0.2, 0) is 14.3 Å². The Balaban J connectivity index is 1.83. The van der Waals surface area contributed by atoms with Crippen molar-refractivity contribution in [3.63, 3.8) is 0 Å². The summed E-state index contributed by atoms with van der Waals surface area (Å²) in [5.41, 5.74) is 0. The van der Waals surface area contributed by atoms with Gasteiger partial charge in [0.1, 0.15) is 18.3 Å². The molecule has 0 aromatic carbocycles. The van der Waals surface area contributed by atoms with Gasteiger partial charge in [-0.25, -0.2) is 0 Å². The summed E-state index contributed by atoms with van der Waals surface area (Å²) in [6, 6.07) is 0. The normalized spacial score (nSPS) is 40.5. The predicted octanol–water partition coefficient (Wildman–Crippen LogP) is 1.20. The molecular weight excluding hydrogens is 156 g/mol. The third-order valence-electron chi connectivity index (χ3n) is 3.21. The van der Waals surface area contributed by atoms with Gasteiger partial charge >= 0.3 is 0 Å². The van der Waals surface area contributed by atoms with Crippen LogP contribution in [0.2, 0.25) is 0 Å². The molecular formula is C9H10O3. The van der Waals surface area contributed by atoms with Crippen LogP contribution in [0.3, 0.4) is 0 Å². The zero-order valence-electron chi connectivity index (χ0n) is 6.66. The maximum absolute atomic E-state index is 11.1. The van der Waals surface area contributed by atoms with Gasteiger partial charge in [-0.15, -0.1) is 0 Å². The number of carbonyl (C=O) groups is 1. The molecule has 0 aromatic heterocycles. The topological polar surface area (TPSA) is 35.5 Å². The number of fused-ring (bicyclic) bond motifs is 2. The quantitative estimate of drug-likeness (QED) is 0.542. The molecule has 3 nitrogen and oxygen atoms in total. The van der Waals surface area contributed by atoms with Crippen molar-refractivity contribution in [3.8, 4) is 0 Å². The highest BCUT2D eigenvalue weighted by Gasteiger charge is 2.62. The lowest BCUT2D eigenvalue weighted by atomic mass is 9.70. The van der Waals surface area contributed by atoms with E-state index in [0.29, 0.717) is 24.0 Å². The number of ether oxygens (including phenoxy) is 2. The number of ketones is 1. The fourth-order valence-corrected chi connectivity index (χ4v) is 2.60. The maximum Gasteiger partial charge on any atom is 0.253 e. The van der Waals surface area contributed by atoms with Crippen molar-refractivity contribution < 1.29 is 14.3 Å². The van der Waals surface area contributed by atoms with E-state index in [4.69, 9.17) is 9.47 Å². The van der Waals surface area contributed by atoms with Gasteiger partial charge in [-0.1, -0.05) is 0 Å². The van der Waals surface area contributed by atoms with E-state index >= 15 is 0 Å². The van der Waals surface area contributed by atoms with E-state index in [9.17, 15) is 4.79 Å². The summed E-state index contributed by atoms with van der Waals surface area (Å²) >= 11 is 0. The molecule has 1 heterocycles. The molecule has 0 amide bonds. The Morgan fingerprint density at radius 3 is 2.75 bits per heavy atom. The highest BCUT2D eigenvalue weighted by atomic mass is 16.7. The lowest BCUT2D eigenvalue weighted by molar-refractivity contribution is -0.256. The first-order valence-corrected chi connectivity index (χ1v) is 4.32. The van der Waals surface area contributed by atoms with Crippen LogP contribution in [0, 0.1) is 11.8 Å². The Bertz CT molecular complexity index is 261. The second-order valence-electron chi connectivity index (χ2n) is 3.84. The summed E-state index contributed by atoms with van der Waals surface area (Å²) in [4.78, 5) is 11.1. The first-order valence-electron chi connectivity index (χ1n) is 4.32. The minimum atomic E-state index is -0.434. The van der Waals surface area contributed by atoms with Crippen LogP contribution in [0.5, 0.6) is 0 Å². The zero-order chi connectivity index (χ0) is 8.18. The maximum atomic E-state index is 11.1. The van der Waals surface area contributed by atoms with Crippen LogP contribution in [-0.4, -0.2) is 11.6 Å². The molecule has 0 aromatic rings. The van der Waals surface area contributed by atoms with Crippen LogP contribution in [0.1, 0.15) is 19.3 Å². The average molecular weight is 166 g/mol. The van der Waals surface area contributed by atoms with Crippen LogP contribution < -0.4 is 0 Å². The second-order valence-corrected chi connectivity index (χ2v) is 3.84. The third-order valence-corrected chi connectivity index (χ3v) is 3.21. The molecule has 2 saturated carbocycles. The van der Waals surface area contributed by atoms with Crippen molar-refractivity contribution in [1.82, 2.24) is 0 Å². The molecule has 3 aliphatic rings. The Kier molecular flexibility index (Phi) is 1.000. The SMILES string of the molecule is O=C1CC2CC3(OC=CO3)C2C1. The van der Waals surface area contributed by atoms with Gasteiger partial charge in [0.2, 0.25) is 0 Å². The van der Waals surface area contributed by atoms with Gasteiger partial charge < -0.3 is 9.47 Å². The van der Waals surface area contributed by atoms with Crippen LogP contribution in [0.25, 0.3) is 0 Å². The van der Waals surface area contributed by atoms with Gasteiger partial charge in [0.05, 0.1) is 0 Å². The van der Waals surface area contributed by atoms with Crippen LogP contribution >= 0.6 is 0 Å². The lowest BCUT2D eigenvalue weighted by Gasteiger charge is -2.46. The summed E-state index contributed by atoms with van der Waals surface area (Å²) in [6.45, 7) is 0. The monoisotopic (exact) mass is 166 g/mol. The van der Waals surface area contributed by atoms with E-state index in [2.05, 4.69) is 0 Å². The molecule has 2 fully saturated rings. The molecule has 0 bridgehead atoms. The van der Waals surface area contributed by atoms with Crippen molar-refractivity contribution in [3.05, 3.63) is 12.5 Å². The van der Waals surface area contributed by atoms with Crippen LogP contribution in [0.15, 0.2) is 12.5 Å². The van der Waals surface area contributed by atoms with Crippen molar-refractivity contribution in [2.75, 3.05) is 0 Å². The number of Topliss-reactive ketones (excluding diaryl/α,β-unsaturated/α-hetero) is 1. The molecule has 12 heavy (non-hydrogen) atoms. The molecule has 2 aliphatic carbocycles. The van der Waals surface area contributed by atoms with E-state index in [0.717, 1.165) is 12.8 Å². The minimum Gasteiger partial charge on any atom is -0.456 e. The standard InChI is InChI=1S/C9H10O3/c10-7-3-6-5-9(8(6)4-7)11-1-2-12-9/h1-2,6,8H,3-5H2. The van der Waals surface area contributed by atoms with Gasteiger partial charge in [-0.05, 0) is 5.92 Å². The van der Waals surface area contributed by atoms with Crippen LogP contribution in [0.4, 0.5) is 0 Å². The molecule has 2 unspecified atom stereocenters. The first-order chi connectivity index (χ1) is 5.80. The highest BCUT2D eigenvalue weighted by Crippen LogP contribution is 2.56. The van der Waals surface area contributed by atoms with Gasteiger partial charge in [0.25, 0.3) is 5.79 Å². The average Bonchev–Trinajstić information content (AvgIpc) is 2.57. The largest absolute Gasteiger partial charge is 0.456 e. The number of carbonyl (C=O) groups excluding carboxylic acids is 1. The fourth-order valence-electron chi connectivity index (χ4n) is 2.60. The van der Waals surface area contributed by atoms with Crippen molar-refractivity contribution >= 4 is 5.78 Å². The molecule has 1 spiro atoms. The molecule has 64 valence electrons. The van der Waals surface area contributed by atoms with E-state index in [1.165, 1.54) is 0 Å². The Morgan fingerprint density at radius 2 is 2.08 bits per heavy atom.